The number of piperidine rings is 1. The molecule has 3 amide bonds. The number of carboxylic acid groups (broad SMARTS) is 1. The fourth-order valence-corrected chi connectivity index (χ4v) is 5.25. The first kappa shape index (κ1) is 31.3. The number of halogens is 2. The Morgan fingerprint density at radius 2 is 1.75 bits per heavy atom. The predicted molar refractivity (Wildman–Crippen MR) is 156 cm³/mol. The molecule has 0 radical (unpaired) electrons. The summed E-state index contributed by atoms with van der Waals surface area (Å²) in [5, 5.41) is 13.1. The zero-order valence-corrected chi connectivity index (χ0v) is 24.7. The van der Waals surface area contributed by atoms with Gasteiger partial charge in [-0.1, -0.05) is 41.4 Å². The molecular weight excluding hydrogens is 577 g/mol. The number of thioether (sulfide) groups is 1. The lowest BCUT2D eigenvalue weighted by atomic mass is 9.95. The molecule has 1 saturated heterocycles. The highest BCUT2D eigenvalue weighted by atomic mass is 35.5. The van der Waals surface area contributed by atoms with Crippen LogP contribution in [0.3, 0.4) is 0 Å². The van der Waals surface area contributed by atoms with Gasteiger partial charge < -0.3 is 25.0 Å². The largest absolute Gasteiger partial charge is 0.480 e. The van der Waals surface area contributed by atoms with Crippen molar-refractivity contribution in [2.75, 3.05) is 33.4 Å². The summed E-state index contributed by atoms with van der Waals surface area (Å²) in [5.74, 6) is -1.80. The number of carbonyl (C=O) groups is 4. The van der Waals surface area contributed by atoms with Crippen LogP contribution < -0.4 is 10.1 Å². The van der Waals surface area contributed by atoms with Crippen LogP contribution in [0.4, 0.5) is 4.79 Å². The van der Waals surface area contributed by atoms with Crippen molar-refractivity contribution in [3.05, 3.63) is 63.6 Å². The van der Waals surface area contributed by atoms with Crippen molar-refractivity contribution >= 4 is 64.9 Å². The Bertz CT molecular complexity index is 1280. The number of carbonyl (C=O) groups excluding carboxylic acids is 3. The van der Waals surface area contributed by atoms with E-state index in [2.05, 4.69) is 5.32 Å². The van der Waals surface area contributed by atoms with Gasteiger partial charge in [-0.15, -0.1) is 11.8 Å². The van der Waals surface area contributed by atoms with E-state index in [-0.39, 0.29) is 18.2 Å². The van der Waals surface area contributed by atoms with Gasteiger partial charge in [0, 0.05) is 50.5 Å². The molecule has 0 aromatic heterocycles. The molecule has 1 fully saturated rings. The molecule has 1 heterocycles. The molecule has 0 bridgehead atoms. The second-order valence-electron chi connectivity index (χ2n) is 9.43. The summed E-state index contributed by atoms with van der Waals surface area (Å²) in [4.78, 5) is 52.9. The molecule has 0 spiro atoms. The molecule has 1 unspecified atom stereocenters. The number of rotatable bonds is 9. The van der Waals surface area contributed by atoms with Crippen LogP contribution in [0, 0.1) is 5.92 Å². The van der Waals surface area contributed by atoms with Crippen molar-refractivity contribution < 1.29 is 29.0 Å². The standard InChI is InChI=1S/C28H31Cl2N3O6S/c1-32(2)28(38)39-20-8-4-17(5-9-20)16-21(27(36)37)31-26(35)19-12-14-33(15-13-19)23(34)11-7-18-6-10-22(40-3)25(30)24(18)29/h4-11,19,21H,12-16H2,1-3H3,(H,31,35)(H,36,37)/b11-7+. The Balaban J connectivity index is 1.52. The lowest BCUT2D eigenvalue weighted by Gasteiger charge is -2.31. The van der Waals surface area contributed by atoms with Crippen LogP contribution in [0.25, 0.3) is 6.08 Å². The molecular formula is C28H31Cl2N3O6S. The maximum absolute atomic E-state index is 12.9. The summed E-state index contributed by atoms with van der Waals surface area (Å²) in [6.45, 7) is 0.734. The van der Waals surface area contributed by atoms with Crippen LogP contribution in [0.1, 0.15) is 24.0 Å². The predicted octanol–water partition coefficient (Wildman–Crippen LogP) is 4.84. The van der Waals surface area contributed by atoms with Crippen LogP contribution in [0.5, 0.6) is 5.75 Å². The van der Waals surface area contributed by atoms with E-state index in [4.69, 9.17) is 27.9 Å². The first-order chi connectivity index (χ1) is 19.0. The number of likely N-dealkylation sites (tertiary alicyclic amines) is 1. The summed E-state index contributed by atoms with van der Waals surface area (Å²) in [6, 6.07) is 8.95. The van der Waals surface area contributed by atoms with Gasteiger partial charge in [-0.25, -0.2) is 9.59 Å². The normalized spacial score (nSPS) is 14.6. The van der Waals surface area contributed by atoms with E-state index in [1.165, 1.54) is 22.7 Å². The van der Waals surface area contributed by atoms with Gasteiger partial charge in [0.05, 0.1) is 10.0 Å². The number of nitrogens with one attached hydrogen (secondary N) is 1. The van der Waals surface area contributed by atoms with E-state index < -0.39 is 24.0 Å². The smallest absolute Gasteiger partial charge is 0.414 e. The van der Waals surface area contributed by atoms with E-state index >= 15 is 0 Å². The average Bonchev–Trinajstić information content (AvgIpc) is 2.94. The van der Waals surface area contributed by atoms with Gasteiger partial charge in [-0.05, 0) is 54.5 Å². The Labute approximate surface area is 247 Å². The highest BCUT2D eigenvalue weighted by Crippen LogP contribution is 2.35. The van der Waals surface area contributed by atoms with E-state index in [1.54, 1.807) is 55.4 Å². The molecule has 2 aromatic carbocycles. The molecule has 3 rings (SSSR count). The molecule has 2 aromatic rings. The van der Waals surface area contributed by atoms with Crippen molar-refractivity contribution in [1.82, 2.24) is 15.1 Å². The quantitative estimate of drug-likeness (QED) is 0.309. The van der Waals surface area contributed by atoms with Crippen molar-refractivity contribution in [1.29, 1.82) is 0 Å². The van der Waals surface area contributed by atoms with Gasteiger partial charge in [0.1, 0.15) is 11.8 Å². The zero-order chi connectivity index (χ0) is 29.4. The number of benzene rings is 2. The minimum Gasteiger partial charge on any atom is -0.480 e. The molecule has 2 N–H and O–H groups in total. The topological polar surface area (TPSA) is 116 Å². The summed E-state index contributed by atoms with van der Waals surface area (Å²) < 4.78 is 5.17. The third-order valence-corrected chi connectivity index (χ3v) is 8.22. The van der Waals surface area contributed by atoms with E-state index in [0.717, 1.165) is 4.90 Å². The number of nitrogens with zero attached hydrogens (tertiary/aromatic N) is 2. The van der Waals surface area contributed by atoms with Crippen molar-refractivity contribution in [2.45, 2.75) is 30.2 Å². The van der Waals surface area contributed by atoms with Gasteiger partial charge in [0.2, 0.25) is 11.8 Å². The molecule has 1 atom stereocenters. The minimum absolute atomic E-state index is 0.0651. The second kappa shape index (κ2) is 14.4. The van der Waals surface area contributed by atoms with Gasteiger partial charge in [0.25, 0.3) is 0 Å². The minimum atomic E-state index is -1.15. The summed E-state index contributed by atoms with van der Waals surface area (Å²) in [6.07, 6.45) is 5.32. The third-order valence-electron chi connectivity index (χ3n) is 6.43. The van der Waals surface area contributed by atoms with Crippen LogP contribution in [0.2, 0.25) is 10.0 Å². The Hall–Kier alpha value is -3.21. The first-order valence-corrected chi connectivity index (χ1v) is 14.5. The molecule has 0 aliphatic carbocycles. The molecule has 40 heavy (non-hydrogen) atoms. The Morgan fingerprint density at radius 1 is 1.10 bits per heavy atom. The van der Waals surface area contributed by atoms with E-state index in [1.807, 2.05) is 12.3 Å². The van der Waals surface area contributed by atoms with Crippen molar-refractivity contribution in [3.8, 4) is 5.75 Å². The fourth-order valence-electron chi connectivity index (χ4n) is 4.07. The number of hydrogen-bond donors (Lipinski definition) is 2. The fraction of sp³-hybridized carbons (Fsp3) is 0.357. The monoisotopic (exact) mass is 607 g/mol. The van der Waals surface area contributed by atoms with Gasteiger partial charge in [0.15, 0.2) is 0 Å². The lowest BCUT2D eigenvalue weighted by molar-refractivity contribution is -0.142. The van der Waals surface area contributed by atoms with Crippen molar-refractivity contribution in [2.24, 2.45) is 5.92 Å². The third kappa shape index (κ3) is 8.39. The van der Waals surface area contributed by atoms with Gasteiger partial charge >= 0.3 is 12.1 Å². The second-order valence-corrected chi connectivity index (χ2v) is 11.0. The number of ether oxygens (including phenoxy) is 1. The number of amides is 3. The first-order valence-electron chi connectivity index (χ1n) is 12.5. The van der Waals surface area contributed by atoms with Crippen LogP contribution in [0.15, 0.2) is 47.4 Å². The van der Waals surface area contributed by atoms with Gasteiger partial charge in [-0.2, -0.15) is 0 Å². The molecule has 9 nitrogen and oxygen atoms in total. The van der Waals surface area contributed by atoms with E-state index in [0.29, 0.717) is 52.9 Å². The zero-order valence-electron chi connectivity index (χ0n) is 22.4. The average molecular weight is 609 g/mol. The molecule has 12 heteroatoms. The molecule has 214 valence electrons. The maximum Gasteiger partial charge on any atom is 0.414 e. The number of carboxylic acids is 1. The molecule has 1 aliphatic heterocycles. The Kier molecular flexibility index (Phi) is 11.3. The van der Waals surface area contributed by atoms with E-state index in [9.17, 15) is 24.3 Å². The molecule has 1 aliphatic rings. The lowest BCUT2D eigenvalue weighted by Crippen LogP contribution is -2.48. The number of hydrogen-bond acceptors (Lipinski definition) is 6. The molecule has 0 saturated carbocycles. The van der Waals surface area contributed by atoms with Gasteiger partial charge in [-0.3, -0.25) is 9.59 Å². The summed E-state index contributed by atoms with van der Waals surface area (Å²) >= 11 is 14.1. The highest BCUT2D eigenvalue weighted by Gasteiger charge is 2.30. The van der Waals surface area contributed by atoms with Crippen LogP contribution in [-0.4, -0.2) is 78.3 Å². The van der Waals surface area contributed by atoms with Crippen LogP contribution >= 0.6 is 35.0 Å². The van der Waals surface area contributed by atoms with Crippen molar-refractivity contribution in [3.63, 3.8) is 0 Å². The Morgan fingerprint density at radius 3 is 2.33 bits per heavy atom. The number of aliphatic carboxylic acids is 1. The maximum atomic E-state index is 12.9. The SMILES string of the molecule is CSc1ccc(/C=C/C(=O)N2CCC(C(=O)NC(Cc3ccc(OC(=O)N(C)C)cc3)C(=O)O)CC2)c(Cl)c1Cl. The highest BCUT2D eigenvalue weighted by molar-refractivity contribution is 7.98. The summed E-state index contributed by atoms with van der Waals surface area (Å²) in [7, 11) is 3.13. The van der Waals surface area contributed by atoms with Crippen LogP contribution in [-0.2, 0) is 20.8 Å². The summed E-state index contributed by atoms with van der Waals surface area (Å²) in [5.41, 5.74) is 1.30.